The molecule has 1 aromatic carbocycles. The number of methoxy groups -OCH3 is 1. The summed E-state index contributed by atoms with van der Waals surface area (Å²) in [7, 11) is 2.55. The number of esters is 1. The minimum Gasteiger partial charge on any atom is -0.465 e. The first-order chi connectivity index (χ1) is 14.1. The highest BCUT2D eigenvalue weighted by atomic mass is 19.1. The van der Waals surface area contributed by atoms with Gasteiger partial charge in [0.15, 0.2) is 0 Å². The molecule has 2 aromatic heterocycles. The molecule has 0 aliphatic rings. The zero-order valence-electron chi connectivity index (χ0n) is 16.8. The van der Waals surface area contributed by atoms with Gasteiger partial charge in [0, 0.05) is 18.4 Å². The van der Waals surface area contributed by atoms with E-state index in [9.17, 15) is 23.6 Å². The number of aryl methyl sites for hydroxylation is 3. The van der Waals surface area contributed by atoms with Crippen LogP contribution >= 0.6 is 0 Å². The summed E-state index contributed by atoms with van der Waals surface area (Å²) in [4.78, 5) is 54.6. The van der Waals surface area contributed by atoms with E-state index in [1.807, 2.05) is 0 Å². The van der Waals surface area contributed by atoms with Crippen molar-refractivity contribution in [3.8, 4) is 0 Å². The van der Waals surface area contributed by atoms with E-state index in [4.69, 9.17) is 4.74 Å². The molecule has 2 heterocycles. The zero-order chi connectivity index (χ0) is 22.2. The number of nitrogens with one attached hydrogen (secondary N) is 1. The maximum absolute atomic E-state index is 13.2. The molecule has 1 amide bonds. The summed E-state index contributed by atoms with van der Waals surface area (Å²) in [6.45, 7) is 2.61. The average molecular weight is 414 g/mol. The minimum atomic E-state index is -0.841. The van der Waals surface area contributed by atoms with Gasteiger partial charge in [0.05, 0.1) is 18.1 Å². The fourth-order valence-electron chi connectivity index (χ4n) is 3.11. The van der Waals surface area contributed by atoms with Crippen LogP contribution in [0.4, 0.5) is 10.1 Å². The number of carbonyl (C=O) groups is 2. The molecule has 0 spiro atoms. The van der Waals surface area contributed by atoms with Crippen molar-refractivity contribution in [2.24, 2.45) is 7.05 Å². The van der Waals surface area contributed by atoms with Crippen LogP contribution in [0.15, 0.2) is 33.9 Å². The van der Waals surface area contributed by atoms with Crippen molar-refractivity contribution in [1.82, 2.24) is 14.1 Å². The molecule has 156 valence electrons. The SMILES string of the molecule is COC(=O)c1cc(C)nc2c1c(=O)n(CC(=O)Nc1ccc(F)cc1C)c(=O)n2C. The fourth-order valence-corrected chi connectivity index (χ4v) is 3.11. The van der Waals surface area contributed by atoms with Gasteiger partial charge in [-0.1, -0.05) is 0 Å². The lowest BCUT2D eigenvalue weighted by atomic mass is 10.1. The monoisotopic (exact) mass is 414 g/mol. The van der Waals surface area contributed by atoms with E-state index in [0.717, 1.165) is 4.57 Å². The first-order valence-electron chi connectivity index (χ1n) is 8.89. The van der Waals surface area contributed by atoms with Gasteiger partial charge in [-0.25, -0.2) is 19.0 Å². The van der Waals surface area contributed by atoms with Crippen molar-refractivity contribution in [2.75, 3.05) is 12.4 Å². The molecule has 0 fully saturated rings. The molecule has 1 N–H and O–H groups in total. The van der Waals surface area contributed by atoms with Gasteiger partial charge >= 0.3 is 11.7 Å². The normalized spacial score (nSPS) is 10.8. The highest BCUT2D eigenvalue weighted by Crippen LogP contribution is 2.16. The number of halogens is 1. The Labute approximate surface area is 169 Å². The maximum Gasteiger partial charge on any atom is 0.338 e. The van der Waals surface area contributed by atoms with Crippen molar-refractivity contribution in [1.29, 1.82) is 0 Å². The van der Waals surface area contributed by atoms with Gasteiger partial charge in [-0.15, -0.1) is 0 Å². The van der Waals surface area contributed by atoms with Gasteiger partial charge < -0.3 is 10.1 Å². The molecule has 3 aromatic rings. The lowest BCUT2D eigenvalue weighted by molar-refractivity contribution is -0.116. The van der Waals surface area contributed by atoms with E-state index in [-0.39, 0.29) is 16.6 Å². The third-order valence-electron chi connectivity index (χ3n) is 4.59. The predicted molar refractivity (Wildman–Crippen MR) is 107 cm³/mol. The van der Waals surface area contributed by atoms with Crippen LogP contribution in [0, 0.1) is 19.7 Å². The Morgan fingerprint density at radius 2 is 1.90 bits per heavy atom. The molecule has 0 saturated carbocycles. The van der Waals surface area contributed by atoms with Gasteiger partial charge in [0.1, 0.15) is 18.0 Å². The molecule has 3 rings (SSSR count). The second-order valence-corrected chi connectivity index (χ2v) is 6.74. The summed E-state index contributed by atoms with van der Waals surface area (Å²) in [5.41, 5.74) is -0.408. The Morgan fingerprint density at radius 3 is 2.53 bits per heavy atom. The van der Waals surface area contributed by atoms with Crippen LogP contribution in [0.1, 0.15) is 21.6 Å². The Balaban J connectivity index is 2.11. The van der Waals surface area contributed by atoms with Gasteiger partial charge in [0.25, 0.3) is 5.56 Å². The molecule has 0 aliphatic carbocycles. The van der Waals surface area contributed by atoms with Crippen LogP contribution in [0.2, 0.25) is 0 Å². The third-order valence-corrected chi connectivity index (χ3v) is 4.59. The van der Waals surface area contributed by atoms with E-state index in [1.54, 1.807) is 13.8 Å². The third kappa shape index (κ3) is 3.71. The van der Waals surface area contributed by atoms with Gasteiger partial charge in [-0.3, -0.25) is 18.7 Å². The number of pyridine rings is 1. The molecule has 0 unspecified atom stereocenters. The highest BCUT2D eigenvalue weighted by molar-refractivity contribution is 6.02. The summed E-state index contributed by atoms with van der Waals surface area (Å²) in [5.74, 6) is -1.88. The van der Waals surface area contributed by atoms with Crippen molar-refractivity contribution in [3.63, 3.8) is 0 Å². The average Bonchev–Trinajstić information content (AvgIpc) is 2.70. The standard InChI is InChI=1S/C20H19FN4O5/c1-10-7-12(21)5-6-14(10)23-15(26)9-25-18(27)16-13(19(28)30-4)8-11(2)22-17(16)24(3)20(25)29/h5-8H,9H2,1-4H3,(H,23,26). The Morgan fingerprint density at radius 1 is 1.20 bits per heavy atom. The van der Waals surface area contributed by atoms with E-state index < -0.39 is 35.5 Å². The lowest BCUT2D eigenvalue weighted by Gasteiger charge is -2.13. The Hall–Kier alpha value is -3.82. The number of hydrogen-bond donors (Lipinski definition) is 1. The summed E-state index contributed by atoms with van der Waals surface area (Å²) in [6, 6.07) is 5.19. The number of carbonyl (C=O) groups excluding carboxylic acids is 2. The molecule has 0 radical (unpaired) electrons. The number of amides is 1. The number of nitrogens with zero attached hydrogens (tertiary/aromatic N) is 3. The fraction of sp³-hybridized carbons (Fsp3) is 0.250. The quantitative estimate of drug-likeness (QED) is 0.644. The van der Waals surface area contributed by atoms with Crippen molar-refractivity contribution < 1.29 is 18.7 Å². The first kappa shape index (κ1) is 20.9. The summed E-state index contributed by atoms with van der Waals surface area (Å²) in [5, 5.41) is 2.42. The van der Waals surface area contributed by atoms with Crippen molar-refractivity contribution >= 4 is 28.6 Å². The number of benzene rings is 1. The van der Waals surface area contributed by atoms with Crippen LogP contribution in [0.3, 0.4) is 0 Å². The number of hydrogen-bond acceptors (Lipinski definition) is 6. The van der Waals surface area contributed by atoms with Crippen LogP contribution in [0.5, 0.6) is 0 Å². The maximum atomic E-state index is 13.2. The Kier molecular flexibility index (Phi) is 5.50. The number of fused-ring (bicyclic) bond motifs is 1. The number of rotatable bonds is 4. The minimum absolute atomic E-state index is 0.0106. The van der Waals surface area contributed by atoms with Crippen molar-refractivity contribution in [2.45, 2.75) is 20.4 Å². The molecular weight excluding hydrogens is 395 g/mol. The topological polar surface area (TPSA) is 112 Å². The predicted octanol–water partition coefficient (Wildman–Crippen LogP) is 1.28. The molecule has 0 bridgehead atoms. The molecule has 0 saturated heterocycles. The van der Waals surface area contributed by atoms with E-state index in [0.29, 0.717) is 21.5 Å². The highest BCUT2D eigenvalue weighted by Gasteiger charge is 2.22. The first-order valence-corrected chi connectivity index (χ1v) is 8.89. The largest absolute Gasteiger partial charge is 0.465 e. The van der Waals surface area contributed by atoms with Crippen molar-refractivity contribution in [3.05, 3.63) is 67.7 Å². The zero-order valence-corrected chi connectivity index (χ0v) is 16.8. The second kappa shape index (κ2) is 7.90. The summed E-state index contributed by atoms with van der Waals surface area (Å²) in [6.07, 6.45) is 0. The lowest BCUT2D eigenvalue weighted by Crippen LogP contribution is -2.42. The summed E-state index contributed by atoms with van der Waals surface area (Å²) >= 11 is 0. The number of anilines is 1. The van der Waals surface area contributed by atoms with Crippen LogP contribution in [-0.2, 0) is 23.1 Å². The van der Waals surface area contributed by atoms with Crippen LogP contribution in [0.25, 0.3) is 11.0 Å². The van der Waals surface area contributed by atoms with Gasteiger partial charge in [0.2, 0.25) is 5.91 Å². The number of ether oxygens (including phenoxy) is 1. The molecule has 9 nitrogen and oxygen atoms in total. The molecular formula is C20H19FN4O5. The smallest absolute Gasteiger partial charge is 0.338 e. The summed E-state index contributed by atoms with van der Waals surface area (Å²) < 4.78 is 19.8. The molecule has 30 heavy (non-hydrogen) atoms. The van der Waals surface area contributed by atoms with Crippen LogP contribution < -0.4 is 16.6 Å². The Bertz CT molecular complexity index is 1310. The van der Waals surface area contributed by atoms with E-state index >= 15 is 0 Å². The van der Waals surface area contributed by atoms with E-state index in [2.05, 4.69) is 10.3 Å². The van der Waals surface area contributed by atoms with Crippen LogP contribution in [-0.4, -0.2) is 33.1 Å². The van der Waals surface area contributed by atoms with Gasteiger partial charge in [-0.05, 0) is 43.7 Å². The molecule has 10 heteroatoms. The number of aromatic nitrogens is 3. The molecule has 0 aliphatic heterocycles. The molecule has 0 atom stereocenters. The van der Waals surface area contributed by atoms with Gasteiger partial charge in [-0.2, -0.15) is 0 Å². The second-order valence-electron chi connectivity index (χ2n) is 6.74. The van der Waals surface area contributed by atoms with E-state index in [1.165, 1.54) is 38.4 Å².